The number of nitrogens with zero attached hydrogens (tertiary/aromatic N) is 2. The lowest BCUT2D eigenvalue weighted by atomic mass is 9.93. The van der Waals surface area contributed by atoms with Gasteiger partial charge in [0.1, 0.15) is 11.6 Å². The van der Waals surface area contributed by atoms with Gasteiger partial charge >= 0.3 is 0 Å². The van der Waals surface area contributed by atoms with Crippen LogP contribution in [0.5, 0.6) is 5.75 Å². The van der Waals surface area contributed by atoms with E-state index in [2.05, 4.69) is 16.0 Å². The van der Waals surface area contributed by atoms with Gasteiger partial charge in [-0.2, -0.15) is 0 Å². The summed E-state index contributed by atoms with van der Waals surface area (Å²) in [5, 5.41) is 12.3. The first-order valence-electron chi connectivity index (χ1n) is 6.99. The van der Waals surface area contributed by atoms with E-state index in [4.69, 9.17) is 4.74 Å². The monoisotopic (exact) mass is 272 g/mol. The minimum absolute atomic E-state index is 0.537. The Hall–Kier alpha value is -1.81. The van der Waals surface area contributed by atoms with Gasteiger partial charge in [-0.25, -0.2) is 4.98 Å². The molecule has 0 aliphatic carbocycles. The quantitative estimate of drug-likeness (QED) is 0.912. The maximum Gasteiger partial charge on any atom is 0.136 e. The summed E-state index contributed by atoms with van der Waals surface area (Å²) in [7, 11) is 1.68. The molecule has 106 valence electrons. The van der Waals surface area contributed by atoms with Gasteiger partial charge in [-0.3, -0.25) is 0 Å². The van der Waals surface area contributed by atoms with Crippen LogP contribution in [0.25, 0.3) is 10.8 Å². The fourth-order valence-corrected chi connectivity index (χ4v) is 2.72. The second-order valence-corrected chi connectivity index (χ2v) is 5.71. The Morgan fingerprint density at radius 2 is 2.00 bits per heavy atom. The van der Waals surface area contributed by atoms with Crippen molar-refractivity contribution in [3.8, 4) is 5.75 Å². The maximum atomic E-state index is 10.1. The largest absolute Gasteiger partial charge is 0.497 e. The van der Waals surface area contributed by atoms with Crippen LogP contribution in [0.1, 0.15) is 19.8 Å². The first-order chi connectivity index (χ1) is 9.59. The van der Waals surface area contributed by atoms with E-state index in [1.165, 1.54) is 0 Å². The molecule has 1 fully saturated rings. The average Bonchev–Trinajstić information content (AvgIpc) is 2.46. The van der Waals surface area contributed by atoms with Crippen LogP contribution in [-0.2, 0) is 0 Å². The molecular weight excluding hydrogens is 252 g/mol. The topological polar surface area (TPSA) is 45.6 Å². The number of rotatable bonds is 2. The number of anilines is 1. The van der Waals surface area contributed by atoms with Gasteiger partial charge in [-0.15, -0.1) is 0 Å². The fourth-order valence-electron chi connectivity index (χ4n) is 2.72. The third-order valence-corrected chi connectivity index (χ3v) is 4.09. The van der Waals surface area contributed by atoms with Crippen molar-refractivity contribution in [2.45, 2.75) is 25.4 Å². The normalized spacial score (nSPS) is 18.2. The molecule has 2 heterocycles. The third-order valence-electron chi connectivity index (χ3n) is 4.09. The van der Waals surface area contributed by atoms with Crippen LogP contribution >= 0.6 is 0 Å². The molecule has 1 N–H and O–H groups in total. The summed E-state index contributed by atoms with van der Waals surface area (Å²) in [5.74, 6) is 1.86. The minimum atomic E-state index is -0.537. The summed E-state index contributed by atoms with van der Waals surface area (Å²) in [6.07, 6.45) is 3.40. The molecule has 0 saturated carbocycles. The molecule has 0 unspecified atom stereocenters. The van der Waals surface area contributed by atoms with E-state index in [1.54, 1.807) is 7.11 Å². The smallest absolute Gasteiger partial charge is 0.136 e. The van der Waals surface area contributed by atoms with Gasteiger partial charge in [0.15, 0.2) is 0 Å². The highest BCUT2D eigenvalue weighted by atomic mass is 16.5. The first kappa shape index (κ1) is 13.2. The SMILES string of the molecule is COc1ccc2c(N3CCC(C)(O)CC3)nccc2c1. The predicted octanol–water partition coefficient (Wildman–Crippen LogP) is 2.59. The molecule has 0 spiro atoms. The van der Waals surface area contributed by atoms with Crippen molar-refractivity contribution in [1.29, 1.82) is 0 Å². The number of hydrogen-bond donors (Lipinski definition) is 1. The molecule has 3 rings (SSSR count). The number of pyridine rings is 1. The van der Waals surface area contributed by atoms with Crippen LogP contribution < -0.4 is 9.64 Å². The molecule has 0 radical (unpaired) electrons. The van der Waals surface area contributed by atoms with Crippen molar-refractivity contribution in [3.63, 3.8) is 0 Å². The lowest BCUT2D eigenvalue weighted by Crippen LogP contribution is -2.42. The Labute approximate surface area is 119 Å². The van der Waals surface area contributed by atoms with E-state index < -0.39 is 5.60 Å². The standard InChI is InChI=1S/C16H20N2O2/c1-16(19)6-9-18(10-7-16)15-14-4-3-13(20-2)11-12(14)5-8-17-15/h3-5,8,11,19H,6-7,9-10H2,1-2H3. The highest BCUT2D eigenvalue weighted by Crippen LogP contribution is 2.31. The van der Waals surface area contributed by atoms with Crippen LogP contribution in [0.3, 0.4) is 0 Å². The molecule has 4 heteroatoms. The van der Waals surface area contributed by atoms with Crippen LogP contribution in [-0.4, -0.2) is 35.9 Å². The Balaban J connectivity index is 1.96. The molecule has 1 saturated heterocycles. The summed E-state index contributed by atoms with van der Waals surface area (Å²) in [6, 6.07) is 8.05. The average molecular weight is 272 g/mol. The second kappa shape index (κ2) is 4.94. The number of fused-ring (bicyclic) bond motifs is 1. The van der Waals surface area contributed by atoms with Crippen molar-refractivity contribution < 1.29 is 9.84 Å². The zero-order valence-electron chi connectivity index (χ0n) is 12.0. The van der Waals surface area contributed by atoms with E-state index in [-0.39, 0.29) is 0 Å². The lowest BCUT2D eigenvalue weighted by Gasteiger charge is -2.36. The summed E-state index contributed by atoms with van der Waals surface area (Å²) in [5.41, 5.74) is -0.537. The lowest BCUT2D eigenvalue weighted by molar-refractivity contribution is 0.0350. The van der Waals surface area contributed by atoms with Crippen LogP contribution in [0.4, 0.5) is 5.82 Å². The second-order valence-electron chi connectivity index (χ2n) is 5.71. The summed E-state index contributed by atoms with van der Waals surface area (Å²) in [4.78, 5) is 6.79. The third kappa shape index (κ3) is 2.43. The molecule has 1 aromatic carbocycles. The van der Waals surface area contributed by atoms with Crippen molar-refractivity contribution in [2.24, 2.45) is 0 Å². The van der Waals surface area contributed by atoms with Crippen molar-refractivity contribution >= 4 is 16.6 Å². The molecule has 20 heavy (non-hydrogen) atoms. The van der Waals surface area contributed by atoms with E-state index in [0.29, 0.717) is 0 Å². The van der Waals surface area contributed by atoms with Crippen molar-refractivity contribution in [2.75, 3.05) is 25.1 Å². The first-order valence-corrected chi connectivity index (χ1v) is 6.99. The predicted molar refractivity (Wildman–Crippen MR) is 80.4 cm³/mol. The Kier molecular flexibility index (Phi) is 3.26. The van der Waals surface area contributed by atoms with Crippen molar-refractivity contribution in [3.05, 3.63) is 30.5 Å². The molecule has 4 nitrogen and oxygen atoms in total. The van der Waals surface area contributed by atoms with Gasteiger partial charge < -0.3 is 14.7 Å². The van der Waals surface area contributed by atoms with Crippen LogP contribution in [0.2, 0.25) is 0 Å². The molecule has 0 bridgehead atoms. The van der Waals surface area contributed by atoms with Gasteiger partial charge in [-0.1, -0.05) is 0 Å². The molecule has 0 amide bonds. The molecule has 0 atom stereocenters. The molecule has 1 aromatic heterocycles. The Bertz CT molecular complexity index is 615. The summed E-state index contributed by atoms with van der Waals surface area (Å²) in [6.45, 7) is 3.59. The Morgan fingerprint density at radius 3 is 2.70 bits per heavy atom. The number of aromatic nitrogens is 1. The molecule has 2 aromatic rings. The summed E-state index contributed by atoms with van der Waals surface area (Å²) >= 11 is 0. The molecular formula is C16H20N2O2. The fraction of sp³-hybridized carbons (Fsp3) is 0.438. The Morgan fingerprint density at radius 1 is 1.25 bits per heavy atom. The van der Waals surface area contributed by atoms with E-state index in [0.717, 1.165) is 48.3 Å². The number of ether oxygens (including phenoxy) is 1. The van der Waals surface area contributed by atoms with Gasteiger partial charge in [0.25, 0.3) is 0 Å². The highest BCUT2D eigenvalue weighted by molar-refractivity contribution is 5.93. The van der Waals surface area contributed by atoms with Gasteiger partial charge in [0.2, 0.25) is 0 Å². The summed E-state index contributed by atoms with van der Waals surface area (Å²) < 4.78 is 5.27. The zero-order chi connectivity index (χ0) is 14.2. The zero-order valence-corrected chi connectivity index (χ0v) is 12.0. The number of aliphatic hydroxyl groups is 1. The number of benzene rings is 1. The maximum absolute atomic E-state index is 10.1. The van der Waals surface area contributed by atoms with E-state index in [9.17, 15) is 5.11 Å². The van der Waals surface area contributed by atoms with E-state index >= 15 is 0 Å². The number of methoxy groups -OCH3 is 1. The number of hydrogen-bond acceptors (Lipinski definition) is 4. The highest BCUT2D eigenvalue weighted by Gasteiger charge is 2.28. The molecule has 1 aliphatic rings. The van der Waals surface area contributed by atoms with Crippen molar-refractivity contribution in [1.82, 2.24) is 4.98 Å². The van der Waals surface area contributed by atoms with Crippen LogP contribution in [0, 0.1) is 0 Å². The van der Waals surface area contributed by atoms with Gasteiger partial charge in [0, 0.05) is 24.7 Å². The van der Waals surface area contributed by atoms with Crippen LogP contribution in [0.15, 0.2) is 30.5 Å². The van der Waals surface area contributed by atoms with E-state index in [1.807, 2.05) is 31.3 Å². The molecule has 1 aliphatic heterocycles. The minimum Gasteiger partial charge on any atom is -0.497 e. The van der Waals surface area contributed by atoms with Gasteiger partial charge in [-0.05, 0) is 49.4 Å². The van der Waals surface area contributed by atoms with Gasteiger partial charge in [0.05, 0.1) is 12.7 Å². The number of piperidine rings is 1.